The Morgan fingerprint density at radius 3 is 2.53 bits per heavy atom. The van der Waals surface area contributed by atoms with E-state index in [2.05, 4.69) is 10.6 Å². The fourth-order valence-corrected chi connectivity index (χ4v) is 1.29. The summed E-state index contributed by atoms with van der Waals surface area (Å²) in [5.41, 5.74) is 0. The van der Waals surface area contributed by atoms with Gasteiger partial charge in [0.15, 0.2) is 0 Å². The highest BCUT2D eigenvalue weighted by atomic mass is 16.2. The number of amides is 1. The molecule has 15 heavy (non-hydrogen) atoms. The minimum absolute atomic E-state index is 0.123. The largest absolute Gasteiger partial charge is 0.396 e. The Morgan fingerprint density at radius 2 is 1.87 bits per heavy atom. The summed E-state index contributed by atoms with van der Waals surface area (Å²) in [5, 5.41) is 14.5. The second-order valence-electron chi connectivity index (χ2n) is 3.59. The summed E-state index contributed by atoms with van der Waals surface area (Å²) < 4.78 is 0. The summed E-state index contributed by atoms with van der Waals surface area (Å²) in [7, 11) is 0. The molecule has 0 aliphatic rings. The lowest BCUT2D eigenvalue weighted by Crippen LogP contribution is -2.28. The van der Waals surface area contributed by atoms with E-state index < -0.39 is 0 Å². The van der Waals surface area contributed by atoms with E-state index in [1.165, 1.54) is 0 Å². The second-order valence-corrected chi connectivity index (χ2v) is 3.59. The molecule has 0 atom stereocenters. The summed E-state index contributed by atoms with van der Waals surface area (Å²) in [5.74, 6) is 0.123. The average Bonchev–Trinajstić information content (AvgIpc) is 2.23. The maximum atomic E-state index is 11.2. The molecule has 90 valence electrons. The first-order valence-electron chi connectivity index (χ1n) is 5.89. The molecule has 0 bridgehead atoms. The summed E-state index contributed by atoms with van der Waals surface area (Å²) in [6.07, 6.45) is 4.56. The maximum absolute atomic E-state index is 11.2. The fraction of sp³-hybridized carbons (Fsp3) is 0.909. The van der Waals surface area contributed by atoms with E-state index in [1.54, 1.807) is 0 Å². The number of unbranched alkanes of at least 4 members (excludes halogenated alkanes) is 3. The van der Waals surface area contributed by atoms with E-state index >= 15 is 0 Å². The van der Waals surface area contributed by atoms with Crippen molar-refractivity contribution >= 4 is 5.91 Å². The molecule has 0 radical (unpaired) electrons. The van der Waals surface area contributed by atoms with E-state index in [-0.39, 0.29) is 12.5 Å². The van der Waals surface area contributed by atoms with Crippen molar-refractivity contribution in [1.29, 1.82) is 0 Å². The van der Waals surface area contributed by atoms with Crippen molar-refractivity contribution < 1.29 is 9.90 Å². The maximum Gasteiger partial charge on any atom is 0.221 e. The minimum atomic E-state index is 0.123. The van der Waals surface area contributed by atoms with Crippen LogP contribution in [0.1, 0.15) is 39.0 Å². The smallest absolute Gasteiger partial charge is 0.221 e. The molecular weight excluding hydrogens is 192 g/mol. The van der Waals surface area contributed by atoms with E-state index in [9.17, 15) is 4.79 Å². The molecule has 0 spiro atoms. The van der Waals surface area contributed by atoms with Crippen LogP contribution >= 0.6 is 0 Å². The topological polar surface area (TPSA) is 61.4 Å². The van der Waals surface area contributed by atoms with Crippen molar-refractivity contribution in [3.05, 3.63) is 0 Å². The normalized spacial score (nSPS) is 10.3. The van der Waals surface area contributed by atoms with E-state index in [0.29, 0.717) is 6.42 Å². The van der Waals surface area contributed by atoms with Crippen LogP contribution in [0.25, 0.3) is 0 Å². The molecule has 0 saturated heterocycles. The lowest BCUT2D eigenvalue weighted by Gasteiger charge is -2.05. The third-order valence-corrected chi connectivity index (χ3v) is 2.19. The van der Waals surface area contributed by atoms with Crippen molar-refractivity contribution in [2.45, 2.75) is 39.0 Å². The van der Waals surface area contributed by atoms with Crippen LogP contribution in [-0.4, -0.2) is 37.3 Å². The molecule has 0 aliphatic carbocycles. The summed E-state index contributed by atoms with van der Waals surface area (Å²) in [4.78, 5) is 11.2. The first-order valence-corrected chi connectivity index (χ1v) is 5.89. The summed E-state index contributed by atoms with van der Waals surface area (Å²) in [6.45, 7) is 4.73. The van der Waals surface area contributed by atoms with Crippen LogP contribution in [-0.2, 0) is 4.79 Å². The number of nitrogens with one attached hydrogen (secondary N) is 2. The van der Waals surface area contributed by atoms with Gasteiger partial charge in [0.25, 0.3) is 0 Å². The molecule has 1 amide bonds. The molecule has 0 aromatic rings. The highest BCUT2D eigenvalue weighted by molar-refractivity contribution is 5.75. The molecule has 4 heteroatoms. The SMILES string of the molecule is CCNCCC(=O)NCCCCCCO. The summed E-state index contributed by atoms with van der Waals surface area (Å²) in [6, 6.07) is 0. The Balaban J connectivity index is 3.10. The van der Waals surface area contributed by atoms with Crippen molar-refractivity contribution in [1.82, 2.24) is 10.6 Å². The Kier molecular flexibility index (Phi) is 11.0. The number of aliphatic hydroxyl groups is 1. The quantitative estimate of drug-likeness (QED) is 0.470. The fourth-order valence-electron chi connectivity index (χ4n) is 1.29. The third-order valence-electron chi connectivity index (χ3n) is 2.19. The number of hydrogen-bond acceptors (Lipinski definition) is 3. The van der Waals surface area contributed by atoms with Crippen LogP contribution in [0.4, 0.5) is 0 Å². The number of aliphatic hydroxyl groups excluding tert-OH is 1. The zero-order valence-corrected chi connectivity index (χ0v) is 9.72. The zero-order chi connectivity index (χ0) is 11.4. The Bertz CT molecular complexity index is 152. The molecule has 0 aromatic carbocycles. The van der Waals surface area contributed by atoms with Gasteiger partial charge >= 0.3 is 0 Å². The zero-order valence-electron chi connectivity index (χ0n) is 9.72. The molecule has 0 aromatic heterocycles. The molecule has 0 fully saturated rings. The third kappa shape index (κ3) is 11.3. The first-order chi connectivity index (χ1) is 7.31. The van der Waals surface area contributed by atoms with Crippen LogP contribution in [0.2, 0.25) is 0 Å². The van der Waals surface area contributed by atoms with Gasteiger partial charge in [0.05, 0.1) is 0 Å². The Labute approximate surface area is 92.4 Å². The predicted molar refractivity (Wildman–Crippen MR) is 61.7 cm³/mol. The number of rotatable bonds is 10. The molecule has 0 heterocycles. The van der Waals surface area contributed by atoms with E-state index in [1.807, 2.05) is 6.92 Å². The molecule has 3 N–H and O–H groups in total. The molecule has 4 nitrogen and oxygen atoms in total. The van der Waals surface area contributed by atoms with Gasteiger partial charge in [0.1, 0.15) is 0 Å². The van der Waals surface area contributed by atoms with Crippen molar-refractivity contribution in [2.75, 3.05) is 26.2 Å². The Hall–Kier alpha value is -0.610. The van der Waals surface area contributed by atoms with Crippen LogP contribution in [0.3, 0.4) is 0 Å². The van der Waals surface area contributed by atoms with Gasteiger partial charge in [-0.05, 0) is 19.4 Å². The first kappa shape index (κ1) is 14.4. The average molecular weight is 216 g/mol. The van der Waals surface area contributed by atoms with E-state index in [0.717, 1.165) is 45.3 Å². The molecular formula is C11H24N2O2. The van der Waals surface area contributed by atoms with Gasteiger partial charge in [-0.1, -0.05) is 19.8 Å². The van der Waals surface area contributed by atoms with Gasteiger partial charge < -0.3 is 15.7 Å². The van der Waals surface area contributed by atoms with Crippen molar-refractivity contribution in [2.24, 2.45) is 0 Å². The standard InChI is InChI=1S/C11H24N2O2/c1-2-12-9-7-11(15)13-8-5-3-4-6-10-14/h12,14H,2-10H2,1H3,(H,13,15). The number of carbonyl (C=O) groups excluding carboxylic acids is 1. The van der Waals surface area contributed by atoms with Crippen LogP contribution in [0.15, 0.2) is 0 Å². The molecule has 0 saturated carbocycles. The predicted octanol–water partition coefficient (Wildman–Crippen LogP) is 0.655. The lowest BCUT2D eigenvalue weighted by molar-refractivity contribution is -0.121. The molecule has 0 rings (SSSR count). The van der Waals surface area contributed by atoms with Gasteiger partial charge in [0, 0.05) is 26.1 Å². The summed E-state index contributed by atoms with van der Waals surface area (Å²) >= 11 is 0. The van der Waals surface area contributed by atoms with Crippen LogP contribution in [0, 0.1) is 0 Å². The monoisotopic (exact) mass is 216 g/mol. The highest BCUT2D eigenvalue weighted by Gasteiger charge is 1.98. The van der Waals surface area contributed by atoms with Crippen molar-refractivity contribution in [3.63, 3.8) is 0 Å². The minimum Gasteiger partial charge on any atom is -0.396 e. The second kappa shape index (κ2) is 11.5. The molecule has 0 unspecified atom stereocenters. The highest BCUT2D eigenvalue weighted by Crippen LogP contribution is 1.97. The Morgan fingerprint density at radius 1 is 1.13 bits per heavy atom. The van der Waals surface area contributed by atoms with Gasteiger partial charge in [-0.15, -0.1) is 0 Å². The van der Waals surface area contributed by atoms with Crippen LogP contribution in [0.5, 0.6) is 0 Å². The van der Waals surface area contributed by atoms with E-state index in [4.69, 9.17) is 5.11 Å². The van der Waals surface area contributed by atoms with Gasteiger partial charge in [-0.3, -0.25) is 4.79 Å². The van der Waals surface area contributed by atoms with Gasteiger partial charge in [-0.2, -0.15) is 0 Å². The van der Waals surface area contributed by atoms with Gasteiger partial charge in [-0.25, -0.2) is 0 Å². The lowest BCUT2D eigenvalue weighted by atomic mass is 10.2. The number of hydrogen-bond donors (Lipinski definition) is 3. The van der Waals surface area contributed by atoms with Gasteiger partial charge in [0.2, 0.25) is 5.91 Å². The molecule has 0 aliphatic heterocycles. The van der Waals surface area contributed by atoms with Crippen LogP contribution < -0.4 is 10.6 Å². The number of carbonyl (C=O) groups is 1. The van der Waals surface area contributed by atoms with Crippen molar-refractivity contribution in [3.8, 4) is 0 Å².